The molecule has 2 fully saturated rings. The zero-order valence-electron chi connectivity index (χ0n) is 19.7. The minimum atomic E-state index is -0.319. The second-order valence-corrected chi connectivity index (χ2v) is 9.06. The molecule has 2 atom stereocenters. The Kier molecular flexibility index (Phi) is 6.01. The Labute approximate surface area is 209 Å². The third-order valence-corrected chi connectivity index (χ3v) is 6.49. The molecule has 36 heavy (non-hydrogen) atoms. The van der Waals surface area contributed by atoms with E-state index < -0.39 is 0 Å². The molecule has 2 bridgehead atoms. The molecule has 0 spiro atoms. The summed E-state index contributed by atoms with van der Waals surface area (Å²) in [5.41, 5.74) is 4.16. The number of fused-ring (bicyclic) bond motifs is 2. The molecule has 4 heterocycles. The van der Waals surface area contributed by atoms with Crippen molar-refractivity contribution in [3.63, 3.8) is 0 Å². The third-order valence-electron chi connectivity index (χ3n) is 6.49. The summed E-state index contributed by atoms with van der Waals surface area (Å²) in [6.45, 7) is 1.69. The van der Waals surface area contributed by atoms with Gasteiger partial charge in [-0.15, -0.1) is 0 Å². The van der Waals surface area contributed by atoms with Gasteiger partial charge in [-0.2, -0.15) is 0 Å². The fraction of sp³-hybridized carbons (Fsp3) is 0.214. The van der Waals surface area contributed by atoms with Gasteiger partial charge in [0, 0.05) is 54.1 Å². The normalized spacial score (nSPS) is 18.6. The van der Waals surface area contributed by atoms with Gasteiger partial charge in [-0.25, -0.2) is 14.8 Å². The molecular weight excluding hydrogens is 452 g/mol. The number of benzene rings is 2. The van der Waals surface area contributed by atoms with Crippen molar-refractivity contribution in [3.8, 4) is 22.6 Å². The molecule has 2 amide bonds. The van der Waals surface area contributed by atoms with E-state index in [0.717, 1.165) is 48.6 Å². The molecule has 2 N–H and O–H groups in total. The number of urea groups is 1. The fourth-order valence-electron chi connectivity index (χ4n) is 4.72. The van der Waals surface area contributed by atoms with Crippen molar-refractivity contribution in [2.24, 2.45) is 0 Å². The summed E-state index contributed by atoms with van der Waals surface area (Å²) in [4.78, 5) is 28.5. The summed E-state index contributed by atoms with van der Waals surface area (Å²) in [6, 6.07) is 23.0. The van der Waals surface area contributed by atoms with E-state index in [-0.39, 0.29) is 18.2 Å². The highest BCUT2D eigenvalue weighted by atomic mass is 16.5. The number of amides is 2. The van der Waals surface area contributed by atoms with Crippen molar-refractivity contribution < 1.29 is 9.53 Å². The van der Waals surface area contributed by atoms with Gasteiger partial charge in [-0.05, 0) is 49.2 Å². The Morgan fingerprint density at radius 3 is 2.17 bits per heavy atom. The van der Waals surface area contributed by atoms with Crippen LogP contribution >= 0.6 is 0 Å². The number of morpholine rings is 1. The predicted molar refractivity (Wildman–Crippen MR) is 140 cm³/mol. The molecule has 8 nitrogen and oxygen atoms in total. The molecule has 6 rings (SSSR count). The van der Waals surface area contributed by atoms with E-state index in [2.05, 4.69) is 38.7 Å². The van der Waals surface area contributed by atoms with E-state index >= 15 is 0 Å². The van der Waals surface area contributed by atoms with Crippen LogP contribution in [0, 0.1) is 0 Å². The molecule has 0 aliphatic carbocycles. The summed E-state index contributed by atoms with van der Waals surface area (Å²) >= 11 is 0. The number of nitrogens with one attached hydrogen (secondary N) is 2. The maximum Gasteiger partial charge on any atom is 0.323 e. The quantitative estimate of drug-likeness (QED) is 0.409. The minimum absolute atomic E-state index is 0.269. The summed E-state index contributed by atoms with van der Waals surface area (Å²) in [7, 11) is 0. The van der Waals surface area contributed by atoms with E-state index in [9.17, 15) is 4.79 Å². The van der Waals surface area contributed by atoms with E-state index in [1.54, 1.807) is 24.5 Å². The highest BCUT2D eigenvalue weighted by Gasteiger charge is 2.34. The molecule has 2 aliphatic rings. The van der Waals surface area contributed by atoms with Crippen molar-refractivity contribution in [2.45, 2.75) is 25.0 Å². The first-order chi connectivity index (χ1) is 17.7. The van der Waals surface area contributed by atoms with Crippen LogP contribution in [0.1, 0.15) is 12.8 Å². The smallest absolute Gasteiger partial charge is 0.323 e. The molecule has 0 saturated carbocycles. The number of ether oxygens (including phenoxy) is 1. The Balaban J connectivity index is 1.26. The van der Waals surface area contributed by atoms with Crippen molar-refractivity contribution in [2.75, 3.05) is 28.6 Å². The van der Waals surface area contributed by atoms with Crippen LogP contribution in [0.2, 0.25) is 0 Å². The van der Waals surface area contributed by atoms with Gasteiger partial charge in [0.15, 0.2) is 5.82 Å². The highest BCUT2D eigenvalue weighted by Crippen LogP contribution is 2.32. The number of carbonyl (C=O) groups is 1. The predicted octanol–water partition coefficient (Wildman–Crippen LogP) is 5.22. The standard InChI is InChI=1S/C28H26N6O2/c35-28(31-22-12-14-29-15-13-22)30-21-8-6-20(7-9-21)27-32-25(19-4-2-1-3-5-19)16-26(33-27)34-17-23-10-11-24(18-34)36-23/h1-9,12-16,23-24H,10-11,17-18H2,(H2,29,30,31,35). The number of hydrogen-bond acceptors (Lipinski definition) is 6. The average Bonchev–Trinajstić information content (AvgIpc) is 3.27. The van der Waals surface area contributed by atoms with Crippen LogP contribution in [0.5, 0.6) is 0 Å². The lowest BCUT2D eigenvalue weighted by Gasteiger charge is -2.33. The van der Waals surface area contributed by atoms with Crippen LogP contribution in [0.4, 0.5) is 22.0 Å². The van der Waals surface area contributed by atoms with Gasteiger partial charge >= 0.3 is 6.03 Å². The number of nitrogens with zero attached hydrogens (tertiary/aromatic N) is 4. The monoisotopic (exact) mass is 478 g/mol. The maximum atomic E-state index is 12.3. The average molecular weight is 479 g/mol. The molecule has 2 aliphatic heterocycles. The molecule has 8 heteroatoms. The maximum absolute atomic E-state index is 12.3. The second-order valence-electron chi connectivity index (χ2n) is 9.06. The summed E-state index contributed by atoms with van der Waals surface area (Å²) < 4.78 is 6.03. The van der Waals surface area contributed by atoms with Crippen molar-refractivity contribution in [3.05, 3.63) is 85.2 Å². The Morgan fingerprint density at radius 2 is 1.47 bits per heavy atom. The number of aromatic nitrogens is 3. The lowest BCUT2D eigenvalue weighted by atomic mass is 10.1. The number of hydrogen-bond donors (Lipinski definition) is 2. The number of carbonyl (C=O) groups excluding carboxylic acids is 1. The van der Waals surface area contributed by atoms with Crippen LogP contribution in [0.3, 0.4) is 0 Å². The topological polar surface area (TPSA) is 92.3 Å². The van der Waals surface area contributed by atoms with Gasteiger partial charge in [0.05, 0.1) is 17.9 Å². The van der Waals surface area contributed by atoms with Crippen molar-refractivity contribution in [1.82, 2.24) is 15.0 Å². The zero-order chi connectivity index (χ0) is 24.3. The second kappa shape index (κ2) is 9.75. The van der Waals surface area contributed by atoms with Gasteiger partial charge in [0.2, 0.25) is 0 Å². The van der Waals surface area contributed by atoms with Crippen LogP contribution < -0.4 is 15.5 Å². The first kappa shape index (κ1) is 22.2. The Morgan fingerprint density at radius 1 is 0.806 bits per heavy atom. The highest BCUT2D eigenvalue weighted by molar-refractivity contribution is 5.99. The van der Waals surface area contributed by atoms with E-state index in [0.29, 0.717) is 17.2 Å². The van der Waals surface area contributed by atoms with Crippen molar-refractivity contribution in [1.29, 1.82) is 0 Å². The van der Waals surface area contributed by atoms with Crippen LogP contribution in [-0.2, 0) is 4.74 Å². The Bertz CT molecular complexity index is 1340. The van der Waals surface area contributed by atoms with Gasteiger partial charge in [-0.1, -0.05) is 30.3 Å². The first-order valence-corrected chi connectivity index (χ1v) is 12.1. The molecule has 4 aromatic rings. The molecule has 2 unspecified atom stereocenters. The van der Waals surface area contributed by atoms with E-state index in [1.807, 2.05) is 42.5 Å². The van der Waals surface area contributed by atoms with E-state index in [4.69, 9.17) is 14.7 Å². The minimum Gasteiger partial charge on any atom is -0.371 e. The van der Waals surface area contributed by atoms with Crippen LogP contribution in [-0.4, -0.2) is 46.3 Å². The van der Waals surface area contributed by atoms with Crippen LogP contribution in [0.25, 0.3) is 22.6 Å². The summed E-state index contributed by atoms with van der Waals surface area (Å²) in [6.07, 6.45) is 6.01. The fourth-order valence-corrected chi connectivity index (χ4v) is 4.72. The Hall–Kier alpha value is -4.30. The molecule has 2 aromatic heterocycles. The molecule has 2 saturated heterocycles. The van der Waals surface area contributed by atoms with Gasteiger partial charge in [0.25, 0.3) is 0 Å². The molecule has 2 aromatic carbocycles. The lowest BCUT2D eigenvalue weighted by molar-refractivity contribution is 0.0302. The number of rotatable bonds is 5. The molecule has 0 radical (unpaired) electrons. The SMILES string of the molecule is O=C(Nc1ccncc1)Nc1ccc(-c2nc(-c3ccccc3)cc(N3CC4CCC(C3)O4)n2)cc1. The first-order valence-electron chi connectivity index (χ1n) is 12.1. The zero-order valence-corrected chi connectivity index (χ0v) is 19.7. The van der Waals surface area contributed by atoms with E-state index in [1.165, 1.54) is 0 Å². The molecular formula is C28H26N6O2. The van der Waals surface area contributed by atoms with Crippen LogP contribution in [0.15, 0.2) is 85.2 Å². The lowest BCUT2D eigenvalue weighted by Crippen LogP contribution is -2.43. The molecule has 180 valence electrons. The summed E-state index contributed by atoms with van der Waals surface area (Å²) in [5, 5.41) is 5.64. The number of anilines is 3. The van der Waals surface area contributed by atoms with Gasteiger partial charge in [0.1, 0.15) is 5.82 Å². The number of pyridine rings is 1. The largest absolute Gasteiger partial charge is 0.371 e. The van der Waals surface area contributed by atoms with Gasteiger partial charge < -0.3 is 20.3 Å². The van der Waals surface area contributed by atoms with Gasteiger partial charge in [-0.3, -0.25) is 4.98 Å². The van der Waals surface area contributed by atoms with Crippen molar-refractivity contribution >= 4 is 23.2 Å². The summed E-state index contributed by atoms with van der Waals surface area (Å²) in [5.74, 6) is 1.57. The third kappa shape index (κ3) is 4.89.